The summed E-state index contributed by atoms with van der Waals surface area (Å²) in [6, 6.07) is 11.3. The molecule has 0 unspecified atom stereocenters. The molecule has 3 rings (SSSR count). The third-order valence-electron chi connectivity index (χ3n) is 3.21. The van der Waals surface area contributed by atoms with Gasteiger partial charge in [-0.1, -0.05) is 24.3 Å². The van der Waals surface area contributed by atoms with Gasteiger partial charge >= 0.3 is 0 Å². The number of anilines is 2. The summed E-state index contributed by atoms with van der Waals surface area (Å²) >= 11 is 0. The fourth-order valence-corrected chi connectivity index (χ4v) is 2.87. The molecule has 116 valence electrons. The Morgan fingerprint density at radius 2 is 1.87 bits per heavy atom. The van der Waals surface area contributed by atoms with Crippen LogP contribution < -0.4 is 10.5 Å². The SMILES string of the molecule is NS(=O)(=O)c1ccccc1Nc1ncc2cccc(C=O)c2n1. The lowest BCUT2D eigenvalue weighted by Gasteiger charge is -2.10. The average Bonchev–Trinajstić information content (AvgIpc) is 2.54. The number of hydrogen-bond acceptors (Lipinski definition) is 6. The molecule has 0 fully saturated rings. The monoisotopic (exact) mass is 328 g/mol. The van der Waals surface area contributed by atoms with Crippen molar-refractivity contribution in [1.82, 2.24) is 9.97 Å². The number of nitrogens with zero attached hydrogens (tertiary/aromatic N) is 2. The second-order valence-electron chi connectivity index (χ2n) is 4.76. The Kier molecular flexibility index (Phi) is 3.77. The molecule has 3 N–H and O–H groups in total. The first-order valence-electron chi connectivity index (χ1n) is 6.59. The van der Waals surface area contributed by atoms with Crippen molar-refractivity contribution in [3.63, 3.8) is 0 Å². The van der Waals surface area contributed by atoms with Gasteiger partial charge in [-0.25, -0.2) is 23.5 Å². The van der Waals surface area contributed by atoms with Crippen molar-refractivity contribution >= 4 is 38.8 Å². The minimum atomic E-state index is -3.88. The Bertz CT molecular complexity index is 1000. The summed E-state index contributed by atoms with van der Waals surface area (Å²) in [7, 11) is -3.88. The Morgan fingerprint density at radius 1 is 1.09 bits per heavy atom. The first-order chi connectivity index (χ1) is 11.0. The molecule has 0 saturated carbocycles. The van der Waals surface area contributed by atoms with Crippen LogP contribution in [0.1, 0.15) is 10.4 Å². The molecule has 0 aliphatic heterocycles. The standard InChI is InChI=1S/C15H12N4O3S/c16-23(21,22)13-7-2-1-6-12(13)18-15-17-8-10-4-3-5-11(9-20)14(10)19-15/h1-9H,(H2,16,21,22)(H,17,18,19). The summed E-state index contributed by atoms with van der Waals surface area (Å²) < 4.78 is 23.2. The van der Waals surface area contributed by atoms with Crippen LogP contribution in [0.5, 0.6) is 0 Å². The molecular weight excluding hydrogens is 316 g/mol. The molecule has 3 aromatic rings. The summed E-state index contributed by atoms with van der Waals surface area (Å²) in [5, 5.41) is 8.73. The second-order valence-corrected chi connectivity index (χ2v) is 6.29. The largest absolute Gasteiger partial charge is 0.323 e. The van der Waals surface area contributed by atoms with E-state index in [-0.39, 0.29) is 16.5 Å². The highest BCUT2D eigenvalue weighted by Gasteiger charge is 2.14. The molecular formula is C15H12N4O3S. The first-order valence-corrected chi connectivity index (χ1v) is 8.13. The van der Waals surface area contributed by atoms with Crippen molar-refractivity contribution in [2.24, 2.45) is 5.14 Å². The lowest BCUT2D eigenvalue weighted by Crippen LogP contribution is -2.14. The van der Waals surface area contributed by atoms with Crippen molar-refractivity contribution < 1.29 is 13.2 Å². The molecule has 1 heterocycles. The van der Waals surface area contributed by atoms with Gasteiger partial charge < -0.3 is 5.32 Å². The number of fused-ring (bicyclic) bond motifs is 1. The summed E-state index contributed by atoms with van der Waals surface area (Å²) in [4.78, 5) is 19.4. The lowest BCUT2D eigenvalue weighted by molar-refractivity contribution is 0.112. The number of sulfonamides is 1. The van der Waals surface area contributed by atoms with E-state index in [4.69, 9.17) is 5.14 Å². The quantitative estimate of drug-likeness (QED) is 0.706. The van der Waals surface area contributed by atoms with E-state index in [9.17, 15) is 13.2 Å². The van der Waals surface area contributed by atoms with Gasteiger partial charge in [0.1, 0.15) is 4.90 Å². The predicted molar refractivity (Wildman–Crippen MR) is 86.0 cm³/mol. The first kappa shape index (κ1) is 15.1. The maximum absolute atomic E-state index is 11.6. The summed E-state index contributed by atoms with van der Waals surface area (Å²) in [6.45, 7) is 0. The summed E-state index contributed by atoms with van der Waals surface area (Å²) in [5.41, 5.74) is 1.17. The number of aldehydes is 1. The molecule has 1 aromatic heterocycles. The van der Waals surface area contributed by atoms with Crippen LogP contribution in [0.25, 0.3) is 10.9 Å². The number of para-hydroxylation sites is 2. The van der Waals surface area contributed by atoms with E-state index in [1.807, 2.05) is 0 Å². The van der Waals surface area contributed by atoms with Gasteiger partial charge in [-0.2, -0.15) is 0 Å². The molecule has 7 nitrogen and oxygen atoms in total. The Balaban J connectivity index is 2.08. The molecule has 0 aliphatic carbocycles. The fourth-order valence-electron chi connectivity index (χ4n) is 2.17. The van der Waals surface area contributed by atoms with Gasteiger partial charge in [-0.15, -0.1) is 0 Å². The van der Waals surface area contributed by atoms with E-state index < -0.39 is 10.0 Å². The lowest BCUT2D eigenvalue weighted by atomic mass is 10.1. The third-order valence-corrected chi connectivity index (χ3v) is 4.18. The van der Waals surface area contributed by atoms with E-state index >= 15 is 0 Å². The van der Waals surface area contributed by atoms with Gasteiger partial charge in [0, 0.05) is 17.1 Å². The molecule has 0 radical (unpaired) electrons. The number of rotatable bonds is 4. The Morgan fingerprint density at radius 3 is 2.61 bits per heavy atom. The molecule has 0 atom stereocenters. The van der Waals surface area contributed by atoms with Crippen molar-refractivity contribution in [3.05, 3.63) is 54.2 Å². The molecule has 2 aromatic carbocycles. The number of carbonyl (C=O) groups is 1. The molecule has 0 saturated heterocycles. The molecule has 0 spiro atoms. The van der Waals surface area contributed by atoms with Crippen LogP contribution in [0.3, 0.4) is 0 Å². The van der Waals surface area contributed by atoms with Crippen molar-refractivity contribution in [3.8, 4) is 0 Å². The van der Waals surface area contributed by atoms with E-state index in [0.29, 0.717) is 22.8 Å². The van der Waals surface area contributed by atoms with E-state index in [0.717, 1.165) is 0 Å². The van der Waals surface area contributed by atoms with Gasteiger partial charge in [-0.3, -0.25) is 4.79 Å². The number of benzene rings is 2. The van der Waals surface area contributed by atoms with Gasteiger partial charge in [0.15, 0.2) is 6.29 Å². The van der Waals surface area contributed by atoms with Crippen LogP contribution in [0.2, 0.25) is 0 Å². The molecule has 0 amide bonds. The van der Waals surface area contributed by atoms with E-state index in [1.165, 1.54) is 6.07 Å². The van der Waals surface area contributed by atoms with Crippen LogP contribution in [-0.2, 0) is 10.0 Å². The Hall–Kier alpha value is -2.84. The van der Waals surface area contributed by atoms with Gasteiger partial charge in [0.05, 0.1) is 11.2 Å². The van der Waals surface area contributed by atoms with Gasteiger partial charge in [0.25, 0.3) is 0 Å². The zero-order valence-electron chi connectivity index (χ0n) is 11.8. The minimum Gasteiger partial charge on any atom is -0.323 e. The van der Waals surface area contributed by atoms with Crippen molar-refractivity contribution in [2.75, 3.05) is 5.32 Å². The predicted octanol–water partition coefficient (Wildman–Crippen LogP) is 1.83. The third kappa shape index (κ3) is 3.03. The highest BCUT2D eigenvalue weighted by atomic mass is 32.2. The molecule has 0 aliphatic rings. The number of nitrogens with one attached hydrogen (secondary N) is 1. The van der Waals surface area contributed by atoms with Gasteiger partial charge in [0.2, 0.25) is 16.0 Å². The normalized spacial score (nSPS) is 11.3. The minimum absolute atomic E-state index is 0.0626. The number of carbonyl (C=O) groups excluding carboxylic acids is 1. The smallest absolute Gasteiger partial charge is 0.240 e. The van der Waals surface area contributed by atoms with Crippen LogP contribution in [0, 0.1) is 0 Å². The van der Waals surface area contributed by atoms with E-state index in [2.05, 4.69) is 15.3 Å². The maximum atomic E-state index is 11.6. The fraction of sp³-hybridized carbons (Fsp3) is 0. The molecule has 0 bridgehead atoms. The zero-order valence-corrected chi connectivity index (χ0v) is 12.6. The number of hydrogen-bond donors (Lipinski definition) is 2. The van der Waals surface area contributed by atoms with Crippen LogP contribution in [-0.4, -0.2) is 24.7 Å². The van der Waals surface area contributed by atoms with Crippen LogP contribution in [0.4, 0.5) is 11.6 Å². The van der Waals surface area contributed by atoms with E-state index in [1.54, 1.807) is 42.6 Å². The Labute approximate surface area is 132 Å². The number of nitrogens with two attached hydrogens (primary N) is 1. The number of primary sulfonamides is 1. The van der Waals surface area contributed by atoms with Crippen molar-refractivity contribution in [2.45, 2.75) is 4.90 Å². The highest BCUT2D eigenvalue weighted by molar-refractivity contribution is 7.89. The maximum Gasteiger partial charge on any atom is 0.240 e. The average molecular weight is 328 g/mol. The topological polar surface area (TPSA) is 115 Å². The summed E-state index contributed by atoms with van der Waals surface area (Å²) in [5.74, 6) is 0.169. The highest BCUT2D eigenvalue weighted by Crippen LogP contribution is 2.23. The van der Waals surface area contributed by atoms with Crippen molar-refractivity contribution in [1.29, 1.82) is 0 Å². The number of aromatic nitrogens is 2. The van der Waals surface area contributed by atoms with Crippen LogP contribution >= 0.6 is 0 Å². The van der Waals surface area contributed by atoms with Gasteiger partial charge in [-0.05, 0) is 18.2 Å². The molecule has 23 heavy (non-hydrogen) atoms. The zero-order chi connectivity index (χ0) is 16.4. The second kappa shape index (κ2) is 5.75. The van der Waals surface area contributed by atoms with Crippen LogP contribution in [0.15, 0.2) is 53.6 Å². The summed E-state index contributed by atoms with van der Waals surface area (Å²) in [6.07, 6.45) is 2.26. The molecule has 8 heteroatoms.